The second-order valence-corrected chi connectivity index (χ2v) is 10.3. The third kappa shape index (κ3) is 5.66. The van der Waals surface area contributed by atoms with Crippen LogP contribution in [0.4, 0.5) is 22.0 Å². The Kier molecular flexibility index (Phi) is 7.93. The largest absolute Gasteiger partial charge is 0.354 e. The van der Waals surface area contributed by atoms with Crippen molar-refractivity contribution in [1.29, 1.82) is 5.26 Å². The van der Waals surface area contributed by atoms with Crippen molar-refractivity contribution in [3.63, 3.8) is 0 Å². The molecule has 210 valence electrons. The first-order valence-corrected chi connectivity index (χ1v) is 12.5. The molecule has 6 bridgehead atoms. The predicted molar refractivity (Wildman–Crippen MR) is 149 cm³/mol. The van der Waals surface area contributed by atoms with Crippen molar-refractivity contribution in [2.45, 2.75) is 45.7 Å². The Morgan fingerprint density at radius 1 is 0.756 bits per heavy atom. The van der Waals surface area contributed by atoms with E-state index < -0.39 is 45.7 Å². The SMILES string of the molecule is CC#N.CC1(C)N=CC2=N/C(=C(/c3c(F)c(F)c(F)c(F)c3F)c3ccc([nH]3)C=NC(C)(C)c3cccc1c3)C=C2. The molecule has 0 unspecified atom stereocenters. The van der Waals surface area contributed by atoms with Gasteiger partial charge in [0.05, 0.1) is 39.8 Å². The molecule has 2 aliphatic rings. The minimum atomic E-state index is -2.23. The summed E-state index contributed by atoms with van der Waals surface area (Å²) in [7, 11) is 0. The molecule has 5 rings (SSSR count). The van der Waals surface area contributed by atoms with Gasteiger partial charge in [-0.15, -0.1) is 0 Å². The molecule has 41 heavy (non-hydrogen) atoms. The van der Waals surface area contributed by atoms with E-state index in [0.717, 1.165) is 11.1 Å². The number of nitrogens with one attached hydrogen (secondary N) is 1. The number of rotatable bonds is 1. The molecule has 0 aliphatic carbocycles. The zero-order valence-electron chi connectivity index (χ0n) is 23.0. The quantitative estimate of drug-likeness (QED) is 0.184. The molecule has 0 radical (unpaired) electrons. The third-order valence-corrected chi connectivity index (χ3v) is 6.68. The number of aromatic amines is 1. The lowest BCUT2D eigenvalue weighted by Crippen LogP contribution is -2.19. The van der Waals surface area contributed by atoms with Gasteiger partial charge in [-0.3, -0.25) is 9.98 Å². The van der Waals surface area contributed by atoms with E-state index in [9.17, 15) is 22.0 Å². The molecule has 0 spiro atoms. The molecule has 5 nitrogen and oxygen atoms in total. The van der Waals surface area contributed by atoms with Crippen LogP contribution in [0.2, 0.25) is 0 Å². The smallest absolute Gasteiger partial charge is 0.200 e. The number of aromatic nitrogens is 1. The summed E-state index contributed by atoms with van der Waals surface area (Å²) < 4.78 is 72.2. The Hall–Kier alpha value is -4.65. The van der Waals surface area contributed by atoms with E-state index in [2.05, 4.69) is 15.0 Å². The van der Waals surface area contributed by atoms with Crippen molar-refractivity contribution in [2.75, 3.05) is 0 Å². The first kappa shape index (κ1) is 29.3. The van der Waals surface area contributed by atoms with Crippen LogP contribution >= 0.6 is 0 Å². The topological polar surface area (TPSA) is 76.7 Å². The second-order valence-electron chi connectivity index (χ2n) is 10.3. The number of aliphatic imine (C=N–C) groups is 3. The first-order valence-electron chi connectivity index (χ1n) is 12.5. The standard InChI is InChI=1S/C29H23F5N4.C2H3N/c1-28(2)15-6-5-7-16(12-15)29(3,4)36-14-18-9-11-20(38-18)21(19-10-8-17(37-19)13-35-28)22-23(30)25(32)27(34)26(33)24(22)31;1-2-3/h5-14,37H,1-4H3;1H3/b21-20+,35-13?,36-14?;. The molecular weight excluding hydrogens is 537 g/mol. The fraction of sp³-hybridized carbons (Fsp3) is 0.226. The van der Waals surface area contributed by atoms with Crippen LogP contribution in [0, 0.1) is 40.4 Å². The number of fused-ring (bicyclic) bond motifs is 5. The third-order valence-electron chi connectivity index (χ3n) is 6.68. The van der Waals surface area contributed by atoms with Crippen molar-refractivity contribution in [2.24, 2.45) is 15.0 Å². The maximum absolute atomic E-state index is 15.0. The highest BCUT2D eigenvalue weighted by molar-refractivity contribution is 6.37. The maximum Gasteiger partial charge on any atom is 0.200 e. The van der Waals surface area contributed by atoms with E-state index >= 15 is 0 Å². The number of hydrogen-bond donors (Lipinski definition) is 1. The summed E-state index contributed by atoms with van der Waals surface area (Å²) in [5.74, 6) is -10.2. The monoisotopic (exact) mass is 563 g/mol. The lowest BCUT2D eigenvalue weighted by atomic mass is 9.88. The van der Waals surface area contributed by atoms with Crippen LogP contribution in [-0.2, 0) is 11.1 Å². The number of hydrogen-bond acceptors (Lipinski definition) is 4. The van der Waals surface area contributed by atoms with E-state index in [4.69, 9.17) is 10.3 Å². The summed E-state index contributed by atoms with van der Waals surface area (Å²) in [6, 6.07) is 12.7. The highest BCUT2D eigenvalue weighted by Crippen LogP contribution is 2.36. The van der Waals surface area contributed by atoms with Crippen LogP contribution in [0.1, 0.15) is 62.7 Å². The molecule has 2 aromatic carbocycles. The zero-order chi connectivity index (χ0) is 30.1. The average Bonchev–Trinajstić information content (AvgIpc) is 3.61. The molecule has 2 aliphatic heterocycles. The van der Waals surface area contributed by atoms with Gasteiger partial charge in [-0.05, 0) is 63.1 Å². The summed E-state index contributed by atoms with van der Waals surface area (Å²) in [4.78, 5) is 16.8. The van der Waals surface area contributed by atoms with Crippen LogP contribution in [-0.4, -0.2) is 23.1 Å². The van der Waals surface area contributed by atoms with Gasteiger partial charge in [0.25, 0.3) is 0 Å². The van der Waals surface area contributed by atoms with Crippen molar-refractivity contribution < 1.29 is 22.0 Å². The number of halogens is 5. The molecular formula is C31H26F5N5. The van der Waals surface area contributed by atoms with Gasteiger partial charge in [0.15, 0.2) is 23.3 Å². The predicted octanol–water partition coefficient (Wildman–Crippen LogP) is 7.68. The van der Waals surface area contributed by atoms with E-state index in [1.807, 2.05) is 52.0 Å². The highest BCUT2D eigenvalue weighted by atomic mass is 19.2. The summed E-state index contributed by atoms with van der Waals surface area (Å²) in [5, 5.41) is 7.32. The van der Waals surface area contributed by atoms with Crippen LogP contribution in [0.5, 0.6) is 0 Å². The van der Waals surface area contributed by atoms with Gasteiger partial charge in [-0.25, -0.2) is 26.9 Å². The van der Waals surface area contributed by atoms with E-state index in [1.54, 1.807) is 24.4 Å². The molecule has 0 saturated heterocycles. The molecule has 0 atom stereocenters. The minimum absolute atomic E-state index is 0.00669. The van der Waals surface area contributed by atoms with Gasteiger partial charge in [-0.1, -0.05) is 24.3 Å². The van der Waals surface area contributed by atoms with Gasteiger partial charge < -0.3 is 4.98 Å². The lowest BCUT2D eigenvalue weighted by molar-refractivity contribution is 0.376. The van der Waals surface area contributed by atoms with Crippen LogP contribution in [0.25, 0.3) is 5.57 Å². The molecule has 3 heterocycles. The van der Waals surface area contributed by atoms with Gasteiger partial charge in [0, 0.05) is 30.6 Å². The number of H-pyrrole nitrogens is 1. The molecule has 0 amide bonds. The molecule has 10 heteroatoms. The molecule has 0 saturated carbocycles. The summed E-state index contributed by atoms with van der Waals surface area (Å²) in [6.45, 7) is 9.16. The van der Waals surface area contributed by atoms with E-state index in [0.29, 0.717) is 11.4 Å². The molecule has 0 fully saturated rings. The highest BCUT2D eigenvalue weighted by Gasteiger charge is 2.31. The Morgan fingerprint density at radius 3 is 1.88 bits per heavy atom. The molecule has 1 N–H and O–H groups in total. The Bertz CT molecular complexity index is 1690. The number of allylic oxidation sites excluding steroid dienone is 2. The fourth-order valence-electron chi connectivity index (χ4n) is 4.34. The van der Waals surface area contributed by atoms with E-state index in [-0.39, 0.29) is 17.0 Å². The van der Waals surface area contributed by atoms with Crippen LogP contribution in [0.3, 0.4) is 0 Å². The van der Waals surface area contributed by atoms with Crippen molar-refractivity contribution in [1.82, 2.24) is 4.98 Å². The van der Waals surface area contributed by atoms with Crippen molar-refractivity contribution >= 4 is 23.7 Å². The average molecular weight is 564 g/mol. The summed E-state index contributed by atoms with van der Waals surface area (Å²) in [6.07, 6.45) is 6.08. The van der Waals surface area contributed by atoms with Gasteiger partial charge in [-0.2, -0.15) is 5.26 Å². The van der Waals surface area contributed by atoms with Gasteiger partial charge in [0.1, 0.15) is 0 Å². The normalized spacial score (nSPS) is 18.4. The Labute approximate surface area is 234 Å². The Balaban J connectivity index is 0.00000124. The first-order chi connectivity index (χ1) is 19.3. The summed E-state index contributed by atoms with van der Waals surface area (Å²) in [5.41, 5.74) is 0.128. The van der Waals surface area contributed by atoms with E-state index in [1.165, 1.54) is 25.3 Å². The fourth-order valence-corrected chi connectivity index (χ4v) is 4.34. The van der Waals surface area contributed by atoms with Gasteiger partial charge >= 0.3 is 0 Å². The number of benzene rings is 2. The summed E-state index contributed by atoms with van der Waals surface area (Å²) >= 11 is 0. The van der Waals surface area contributed by atoms with Crippen LogP contribution in [0.15, 0.2) is 69.2 Å². The van der Waals surface area contributed by atoms with Crippen molar-refractivity contribution in [3.8, 4) is 6.07 Å². The van der Waals surface area contributed by atoms with Crippen molar-refractivity contribution in [3.05, 3.63) is 111 Å². The lowest BCUT2D eigenvalue weighted by Gasteiger charge is -2.25. The zero-order valence-corrected chi connectivity index (χ0v) is 23.0. The second kappa shape index (κ2) is 11.1. The van der Waals surface area contributed by atoms with Crippen LogP contribution < -0.4 is 0 Å². The number of nitriles is 1. The Morgan fingerprint density at radius 2 is 1.29 bits per heavy atom. The molecule has 1 aromatic heterocycles. The maximum atomic E-state index is 15.0. The number of nitrogens with zero attached hydrogens (tertiary/aromatic N) is 4. The minimum Gasteiger partial charge on any atom is -0.354 e. The van der Waals surface area contributed by atoms with Gasteiger partial charge in [0.2, 0.25) is 5.82 Å². The molecule has 3 aromatic rings.